The smallest absolute Gasteiger partial charge is 0.143 e. The Morgan fingerprint density at radius 3 is 3.00 bits per heavy atom. The van der Waals surface area contributed by atoms with Crippen LogP contribution in [0.2, 0.25) is 0 Å². The summed E-state index contributed by atoms with van der Waals surface area (Å²) < 4.78 is 10.8. The minimum absolute atomic E-state index is 0.168. The zero-order valence-electron chi connectivity index (χ0n) is 9.59. The summed E-state index contributed by atoms with van der Waals surface area (Å²) in [5.74, 6) is 0.609. The van der Waals surface area contributed by atoms with Crippen molar-refractivity contribution in [3.63, 3.8) is 0 Å². The third-order valence-electron chi connectivity index (χ3n) is 2.92. The first-order valence-corrected chi connectivity index (χ1v) is 5.54. The van der Waals surface area contributed by atoms with Gasteiger partial charge >= 0.3 is 0 Å². The van der Waals surface area contributed by atoms with Gasteiger partial charge in [0.15, 0.2) is 0 Å². The molecule has 3 atom stereocenters. The Bertz CT molecular complexity index is 356. The van der Waals surface area contributed by atoms with Gasteiger partial charge < -0.3 is 14.6 Å². The van der Waals surface area contributed by atoms with Crippen LogP contribution in [0.3, 0.4) is 0 Å². The van der Waals surface area contributed by atoms with Gasteiger partial charge in [-0.15, -0.1) is 0 Å². The van der Waals surface area contributed by atoms with Gasteiger partial charge in [0.25, 0.3) is 0 Å². The molecule has 1 aromatic heterocycles. The molecular formula is C12H17NO3. The normalized spacial score (nSPS) is 26.7. The molecule has 1 N–H and O–H groups in total. The van der Waals surface area contributed by atoms with Crippen molar-refractivity contribution in [1.82, 2.24) is 4.98 Å². The number of ether oxygens (including phenoxy) is 2. The lowest BCUT2D eigenvalue weighted by atomic mass is 10.1. The molecule has 1 fully saturated rings. The molecule has 0 saturated carbocycles. The van der Waals surface area contributed by atoms with E-state index in [4.69, 9.17) is 9.47 Å². The molecular weight excluding hydrogens is 206 g/mol. The van der Waals surface area contributed by atoms with Crippen LogP contribution in [0.5, 0.6) is 5.75 Å². The first kappa shape index (κ1) is 11.4. The zero-order valence-corrected chi connectivity index (χ0v) is 9.59. The third kappa shape index (κ3) is 2.18. The van der Waals surface area contributed by atoms with Crippen LogP contribution >= 0.6 is 0 Å². The van der Waals surface area contributed by atoms with Gasteiger partial charge in [0.1, 0.15) is 17.5 Å². The summed E-state index contributed by atoms with van der Waals surface area (Å²) in [6.07, 6.45) is 2.84. The van der Waals surface area contributed by atoms with E-state index in [1.54, 1.807) is 25.4 Å². The lowest BCUT2D eigenvalue weighted by Gasteiger charge is -2.19. The van der Waals surface area contributed by atoms with Crippen molar-refractivity contribution in [2.75, 3.05) is 7.11 Å². The molecule has 1 aliphatic rings. The fraction of sp³-hybridized carbons (Fsp3) is 0.583. The van der Waals surface area contributed by atoms with Crippen molar-refractivity contribution >= 4 is 0 Å². The second kappa shape index (κ2) is 4.80. The first-order chi connectivity index (χ1) is 7.72. The Morgan fingerprint density at radius 1 is 1.56 bits per heavy atom. The van der Waals surface area contributed by atoms with Crippen molar-refractivity contribution in [1.29, 1.82) is 0 Å². The number of pyridine rings is 1. The number of hydrogen-bond donors (Lipinski definition) is 1. The van der Waals surface area contributed by atoms with Crippen LogP contribution in [0.4, 0.5) is 0 Å². The topological polar surface area (TPSA) is 51.6 Å². The van der Waals surface area contributed by atoms with Crippen LogP contribution in [0.25, 0.3) is 0 Å². The van der Waals surface area contributed by atoms with Crippen molar-refractivity contribution in [2.45, 2.75) is 38.1 Å². The molecule has 0 bridgehead atoms. The summed E-state index contributed by atoms with van der Waals surface area (Å²) in [4.78, 5) is 4.16. The summed E-state index contributed by atoms with van der Waals surface area (Å²) in [5.41, 5.74) is 0.559. The van der Waals surface area contributed by atoms with Gasteiger partial charge in [0.2, 0.25) is 0 Å². The van der Waals surface area contributed by atoms with Crippen LogP contribution in [-0.4, -0.2) is 29.4 Å². The summed E-state index contributed by atoms with van der Waals surface area (Å²) in [7, 11) is 1.57. The molecule has 0 radical (unpaired) electrons. The van der Waals surface area contributed by atoms with E-state index in [1.807, 2.05) is 6.92 Å². The zero-order chi connectivity index (χ0) is 11.5. The highest BCUT2D eigenvalue weighted by atomic mass is 16.5. The van der Waals surface area contributed by atoms with E-state index in [9.17, 15) is 5.11 Å². The summed E-state index contributed by atoms with van der Waals surface area (Å²) in [6.45, 7) is 2.02. The Labute approximate surface area is 95.2 Å². The van der Waals surface area contributed by atoms with Crippen molar-refractivity contribution in [3.05, 3.63) is 24.0 Å². The molecule has 1 aliphatic heterocycles. The number of rotatable bonds is 3. The van der Waals surface area contributed by atoms with E-state index in [0.717, 1.165) is 12.8 Å². The number of aliphatic hydroxyl groups excluding tert-OH is 1. The maximum Gasteiger partial charge on any atom is 0.143 e. The van der Waals surface area contributed by atoms with Crippen LogP contribution in [0, 0.1) is 0 Å². The van der Waals surface area contributed by atoms with Crippen LogP contribution in [0.1, 0.15) is 31.6 Å². The lowest BCUT2D eigenvalue weighted by Crippen LogP contribution is -2.20. The highest BCUT2D eigenvalue weighted by molar-refractivity contribution is 5.29. The van der Waals surface area contributed by atoms with E-state index in [-0.39, 0.29) is 12.2 Å². The standard InChI is InChI=1S/C12H17NO3/c1-8-5-6-10(16-8)12(14)11-9(15-2)4-3-7-13-11/h3-4,7-8,10,12,14H,5-6H2,1-2H3. The average Bonchev–Trinajstić information content (AvgIpc) is 2.75. The molecule has 88 valence electrons. The van der Waals surface area contributed by atoms with Crippen molar-refractivity contribution in [2.24, 2.45) is 0 Å². The Balaban J connectivity index is 2.16. The second-order valence-corrected chi connectivity index (χ2v) is 4.10. The molecule has 4 heteroatoms. The molecule has 0 aliphatic carbocycles. The van der Waals surface area contributed by atoms with Gasteiger partial charge in [-0.3, -0.25) is 4.98 Å². The molecule has 2 heterocycles. The molecule has 16 heavy (non-hydrogen) atoms. The molecule has 1 aromatic rings. The van der Waals surface area contributed by atoms with Gasteiger partial charge in [0.05, 0.1) is 19.3 Å². The Morgan fingerprint density at radius 2 is 2.38 bits per heavy atom. The quantitative estimate of drug-likeness (QED) is 0.847. The maximum atomic E-state index is 10.2. The number of methoxy groups -OCH3 is 1. The highest BCUT2D eigenvalue weighted by Crippen LogP contribution is 2.32. The highest BCUT2D eigenvalue weighted by Gasteiger charge is 2.31. The molecule has 4 nitrogen and oxygen atoms in total. The van der Waals surface area contributed by atoms with E-state index in [2.05, 4.69) is 4.98 Å². The Kier molecular flexibility index (Phi) is 3.41. The van der Waals surface area contributed by atoms with Gasteiger partial charge in [-0.2, -0.15) is 0 Å². The largest absolute Gasteiger partial charge is 0.495 e. The van der Waals surface area contributed by atoms with Gasteiger partial charge in [0, 0.05) is 6.20 Å². The monoisotopic (exact) mass is 223 g/mol. The van der Waals surface area contributed by atoms with Crippen LogP contribution in [-0.2, 0) is 4.74 Å². The van der Waals surface area contributed by atoms with Gasteiger partial charge in [-0.25, -0.2) is 0 Å². The fourth-order valence-electron chi connectivity index (χ4n) is 2.04. The minimum atomic E-state index is -0.707. The molecule has 0 aromatic carbocycles. The van der Waals surface area contributed by atoms with Crippen LogP contribution in [0.15, 0.2) is 18.3 Å². The van der Waals surface area contributed by atoms with Crippen molar-refractivity contribution in [3.8, 4) is 5.75 Å². The lowest BCUT2D eigenvalue weighted by molar-refractivity contribution is -0.0323. The van der Waals surface area contributed by atoms with E-state index in [0.29, 0.717) is 11.4 Å². The molecule has 2 rings (SSSR count). The average molecular weight is 223 g/mol. The van der Waals surface area contributed by atoms with Crippen LogP contribution < -0.4 is 4.74 Å². The second-order valence-electron chi connectivity index (χ2n) is 4.10. The fourth-order valence-corrected chi connectivity index (χ4v) is 2.04. The predicted octanol–water partition coefficient (Wildman–Crippen LogP) is 1.69. The SMILES string of the molecule is COc1cccnc1C(O)C1CCC(C)O1. The molecule has 3 unspecified atom stereocenters. The predicted molar refractivity (Wildman–Crippen MR) is 59.3 cm³/mol. The number of nitrogens with zero attached hydrogens (tertiary/aromatic N) is 1. The third-order valence-corrected chi connectivity index (χ3v) is 2.92. The molecule has 0 spiro atoms. The molecule has 1 saturated heterocycles. The number of aliphatic hydroxyl groups is 1. The Hall–Kier alpha value is -1.13. The van der Waals surface area contributed by atoms with E-state index < -0.39 is 6.10 Å². The van der Waals surface area contributed by atoms with Gasteiger partial charge in [-0.1, -0.05) is 0 Å². The summed E-state index contributed by atoms with van der Waals surface area (Å²) in [6, 6.07) is 3.58. The first-order valence-electron chi connectivity index (χ1n) is 5.54. The minimum Gasteiger partial charge on any atom is -0.495 e. The summed E-state index contributed by atoms with van der Waals surface area (Å²) in [5, 5.41) is 10.2. The number of aromatic nitrogens is 1. The van der Waals surface area contributed by atoms with Crippen molar-refractivity contribution < 1.29 is 14.6 Å². The number of hydrogen-bond acceptors (Lipinski definition) is 4. The maximum absolute atomic E-state index is 10.2. The van der Waals surface area contributed by atoms with E-state index in [1.165, 1.54) is 0 Å². The summed E-state index contributed by atoms with van der Waals surface area (Å²) >= 11 is 0. The van der Waals surface area contributed by atoms with Gasteiger partial charge in [-0.05, 0) is 31.9 Å². The molecule has 0 amide bonds. The van der Waals surface area contributed by atoms with E-state index >= 15 is 0 Å².